The van der Waals surface area contributed by atoms with Gasteiger partial charge in [-0.3, -0.25) is 4.98 Å². The van der Waals surface area contributed by atoms with Gasteiger partial charge in [-0.1, -0.05) is 27.7 Å². The van der Waals surface area contributed by atoms with Crippen LogP contribution in [0.15, 0.2) is 29.7 Å². The molecule has 1 aliphatic rings. The van der Waals surface area contributed by atoms with E-state index in [1.807, 2.05) is 12.1 Å². The molecule has 3 heterocycles. The highest BCUT2D eigenvalue weighted by Crippen LogP contribution is 2.34. The summed E-state index contributed by atoms with van der Waals surface area (Å²) in [5.41, 5.74) is 1.07. The third kappa shape index (κ3) is 1.66. The minimum absolute atomic E-state index is 0.561. The summed E-state index contributed by atoms with van der Waals surface area (Å²) in [7, 11) is 0. The van der Waals surface area contributed by atoms with Crippen LogP contribution in [-0.4, -0.2) is 30.3 Å². The van der Waals surface area contributed by atoms with Crippen molar-refractivity contribution in [2.45, 2.75) is 17.0 Å². The van der Waals surface area contributed by atoms with Gasteiger partial charge < -0.3 is 4.57 Å². The van der Waals surface area contributed by atoms with Crippen molar-refractivity contribution in [3.05, 3.63) is 24.5 Å². The normalized spacial score (nSPS) is 18.7. The molecule has 0 fully saturated rings. The molecule has 0 saturated heterocycles. The van der Waals surface area contributed by atoms with Crippen LogP contribution in [0, 0.1) is 0 Å². The molecule has 0 unspecified atom stereocenters. The molecule has 2 aromatic heterocycles. The van der Waals surface area contributed by atoms with Crippen LogP contribution in [0.25, 0.3) is 11.4 Å². The fourth-order valence-corrected chi connectivity index (χ4v) is 3.29. The molecule has 0 spiro atoms. The summed E-state index contributed by atoms with van der Waals surface area (Å²) in [5, 5.41) is 11.0. The first-order valence-electron chi connectivity index (χ1n) is 4.94. The molecule has 0 radical (unpaired) electrons. The number of hydrogen-bond acceptors (Lipinski definition) is 4. The number of nitrogens with zero attached hydrogens (tertiary/aromatic N) is 4. The standard InChI is InChI=1S/C10H9BrN4S/c11-5-8-6-15-9(13-14-10(15)16-8)7-1-3-12-4-2-7/h1-4,8H,5-6H2/t8-/m0/s1. The molecule has 16 heavy (non-hydrogen) atoms. The molecule has 1 atom stereocenters. The summed E-state index contributed by atoms with van der Waals surface area (Å²) in [4.78, 5) is 4.01. The van der Waals surface area contributed by atoms with E-state index in [4.69, 9.17) is 0 Å². The average Bonchev–Trinajstić information content (AvgIpc) is 2.88. The van der Waals surface area contributed by atoms with Gasteiger partial charge in [0.25, 0.3) is 0 Å². The van der Waals surface area contributed by atoms with Crippen molar-refractivity contribution in [1.29, 1.82) is 0 Å². The molecule has 3 rings (SSSR count). The number of rotatable bonds is 2. The maximum Gasteiger partial charge on any atom is 0.191 e. The Kier molecular flexibility index (Phi) is 2.69. The van der Waals surface area contributed by atoms with Gasteiger partial charge in [0.1, 0.15) is 0 Å². The van der Waals surface area contributed by atoms with Crippen molar-refractivity contribution in [3.63, 3.8) is 0 Å². The summed E-state index contributed by atoms with van der Waals surface area (Å²) in [6.07, 6.45) is 3.56. The number of halogens is 1. The second kappa shape index (κ2) is 4.18. The Bertz CT molecular complexity index is 499. The van der Waals surface area contributed by atoms with Crippen LogP contribution in [0.2, 0.25) is 0 Å². The van der Waals surface area contributed by atoms with E-state index >= 15 is 0 Å². The van der Waals surface area contributed by atoms with E-state index in [9.17, 15) is 0 Å². The summed E-state index contributed by atoms with van der Waals surface area (Å²) in [6.45, 7) is 0.968. The van der Waals surface area contributed by atoms with Gasteiger partial charge in [-0.25, -0.2) is 0 Å². The Balaban J connectivity index is 2.00. The second-order valence-electron chi connectivity index (χ2n) is 3.55. The molecule has 0 amide bonds. The highest BCUT2D eigenvalue weighted by molar-refractivity contribution is 9.09. The Labute approximate surface area is 106 Å². The maximum atomic E-state index is 4.23. The first-order valence-corrected chi connectivity index (χ1v) is 6.95. The predicted molar refractivity (Wildman–Crippen MR) is 66.7 cm³/mol. The average molecular weight is 297 g/mol. The lowest BCUT2D eigenvalue weighted by molar-refractivity contribution is 0.679. The van der Waals surface area contributed by atoms with Crippen molar-refractivity contribution in [2.24, 2.45) is 0 Å². The first-order chi connectivity index (χ1) is 7.88. The maximum absolute atomic E-state index is 4.23. The summed E-state index contributed by atoms with van der Waals surface area (Å²) >= 11 is 5.29. The minimum atomic E-state index is 0.561. The van der Waals surface area contributed by atoms with Crippen LogP contribution in [0.5, 0.6) is 0 Å². The van der Waals surface area contributed by atoms with Crippen LogP contribution in [0.1, 0.15) is 0 Å². The third-order valence-corrected chi connectivity index (χ3v) is 4.86. The monoisotopic (exact) mass is 296 g/mol. The molecule has 4 nitrogen and oxygen atoms in total. The summed E-state index contributed by atoms with van der Waals surface area (Å²) < 4.78 is 2.17. The largest absolute Gasteiger partial charge is 0.301 e. The Morgan fingerprint density at radius 1 is 1.38 bits per heavy atom. The van der Waals surface area contributed by atoms with Crippen LogP contribution in [-0.2, 0) is 6.54 Å². The fourth-order valence-electron chi connectivity index (χ4n) is 1.73. The summed E-state index contributed by atoms with van der Waals surface area (Å²) in [5.74, 6) is 0.938. The Morgan fingerprint density at radius 2 is 2.19 bits per heavy atom. The van der Waals surface area contributed by atoms with Crippen LogP contribution < -0.4 is 0 Å². The van der Waals surface area contributed by atoms with Crippen molar-refractivity contribution < 1.29 is 0 Å². The quantitative estimate of drug-likeness (QED) is 0.797. The Morgan fingerprint density at radius 3 is 2.94 bits per heavy atom. The highest BCUT2D eigenvalue weighted by atomic mass is 79.9. The highest BCUT2D eigenvalue weighted by Gasteiger charge is 2.26. The minimum Gasteiger partial charge on any atom is -0.301 e. The van der Waals surface area contributed by atoms with Gasteiger partial charge >= 0.3 is 0 Å². The molecule has 0 aliphatic carbocycles. The fraction of sp³-hybridized carbons (Fsp3) is 0.300. The lowest BCUT2D eigenvalue weighted by atomic mass is 10.2. The third-order valence-electron chi connectivity index (χ3n) is 2.49. The first kappa shape index (κ1) is 10.3. The van der Waals surface area contributed by atoms with Crippen LogP contribution >= 0.6 is 27.7 Å². The number of alkyl halides is 1. The van der Waals surface area contributed by atoms with E-state index < -0.39 is 0 Å². The van der Waals surface area contributed by atoms with Gasteiger partial charge in [0, 0.05) is 35.1 Å². The van der Waals surface area contributed by atoms with E-state index in [1.165, 1.54) is 0 Å². The number of aromatic nitrogens is 4. The smallest absolute Gasteiger partial charge is 0.191 e. The van der Waals surface area contributed by atoms with Crippen molar-refractivity contribution >= 4 is 27.7 Å². The molecule has 0 aromatic carbocycles. The zero-order valence-electron chi connectivity index (χ0n) is 8.38. The molecule has 0 N–H and O–H groups in total. The van der Waals surface area contributed by atoms with E-state index in [0.717, 1.165) is 28.4 Å². The predicted octanol–water partition coefficient (Wildman–Crippen LogP) is 2.21. The Hall–Kier alpha value is -0.880. The SMILES string of the molecule is BrC[C@H]1Cn2c(nnc2-c2ccncc2)S1. The zero-order valence-corrected chi connectivity index (χ0v) is 10.8. The van der Waals surface area contributed by atoms with Gasteiger partial charge in [0.05, 0.1) is 0 Å². The number of fused-ring (bicyclic) bond motifs is 1. The second-order valence-corrected chi connectivity index (χ2v) is 5.46. The molecule has 2 aromatic rings. The molecular formula is C10H9BrN4S. The number of pyridine rings is 1. The summed E-state index contributed by atoms with van der Waals surface area (Å²) in [6, 6.07) is 3.92. The molecular weight excluding hydrogens is 288 g/mol. The molecule has 0 bridgehead atoms. The van der Waals surface area contributed by atoms with E-state index in [0.29, 0.717) is 5.25 Å². The van der Waals surface area contributed by atoms with Gasteiger partial charge in [-0.2, -0.15) is 0 Å². The van der Waals surface area contributed by atoms with Crippen molar-refractivity contribution in [3.8, 4) is 11.4 Å². The molecule has 0 saturated carbocycles. The van der Waals surface area contributed by atoms with Crippen LogP contribution in [0.3, 0.4) is 0 Å². The zero-order chi connectivity index (χ0) is 11.0. The van der Waals surface area contributed by atoms with Crippen molar-refractivity contribution in [1.82, 2.24) is 19.7 Å². The molecule has 1 aliphatic heterocycles. The number of thioether (sulfide) groups is 1. The lowest BCUT2D eigenvalue weighted by Gasteiger charge is -2.04. The number of hydrogen-bond donors (Lipinski definition) is 0. The topological polar surface area (TPSA) is 43.6 Å². The van der Waals surface area contributed by atoms with Crippen molar-refractivity contribution in [2.75, 3.05) is 5.33 Å². The van der Waals surface area contributed by atoms with Gasteiger partial charge in [-0.05, 0) is 12.1 Å². The van der Waals surface area contributed by atoms with Gasteiger partial charge in [0.2, 0.25) is 0 Å². The van der Waals surface area contributed by atoms with E-state index in [2.05, 4.69) is 35.7 Å². The molecule has 82 valence electrons. The van der Waals surface area contributed by atoms with Gasteiger partial charge in [0.15, 0.2) is 11.0 Å². The van der Waals surface area contributed by atoms with E-state index in [1.54, 1.807) is 24.2 Å². The van der Waals surface area contributed by atoms with Crippen LogP contribution in [0.4, 0.5) is 0 Å². The van der Waals surface area contributed by atoms with E-state index in [-0.39, 0.29) is 0 Å². The lowest BCUT2D eigenvalue weighted by Crippen LogP contribution is -2.07. The van der Waals surface area contributed by atoms with Gasteiger partial charge in [-0.15, -0.1) is 10.2 Å². The molecule has 6 heteroatoms.